The molecule has 0 aliphatic heterocycles. The Balaban J connectivity index is 2.52. The third-order valence-electron chi connectivity index (χ3n) is 2.81. The minimum absolute atomic E-state index is 0.181. The van der Waals surface area contributed by atoms with E-state index in [0.29, 0.717) is 21.2 Å². The van der Waals surface area contributed by atoms with Crippen molar-refractivity contribution < 1.29 is 8.78 Å². The Labute approximate surface area is 124 Å². The average molecular weight is 322 g/mol. The molecule has 0 saturated carbocycles. The van der Waals surface area contributed by atoms with E-state index >= 15 is 0 Å². The number of benzene rings is 2. The number of aryl methyl sites for hydroxylation is 1. The predicted octanol–water partition coefficient (Wildman–Crippen LogP) is 5.91. The van der Waals surface area contributed by atoms with E-state index in [0.717, 1.165) is 0 Å². The standard InChI is InChI=1S/C14H9Cl3F2/c1-7-2-5-11(18)12(14(7)19)13(17)8-3-4-9(15)10(16)6-8/h2-6,13H,1H3. The van der Waals surface area contributed by atoms with Crippen molar-refractivity contribution in [2.24, 2.45) is 0 Å². The Morgan fingerprint density at radius 1 is 1.00 bits per heavy atom. The van der Waals surface area contributed by atoms with Gasteiger partial charge in [0.05, 0.1) is 15.4 Å². The molecule has 2 rings (SSSR count). The summed E-state index contributed by atoms with van der Waals surface area (Å²) >= 11 is 17.8. The first kappa shape index (κ1) is 14.6. The molecule has 19 heavy (non-hydrogen) atoms. The number of halogens is 5. The van der Waals surface area contributed by atoms with Crippen LogP contribution in [0, 0.1) is 18.6 Å². The SMILES string of the molecule is Cc1ccc(F)c(C(Cl)c2ccc(Cl)c(Cl)c2)c1F. The van der Waals surface area contributed by atoms with E-state index in [1.807, 2.05) is 0 Å². The lowest BCUT2D eigenvalue weighted by molar-refractivity contribution is 0.553. The van der Waals surface area contributed by atoms with Crippen LogP contribution in [-0.4, -0.2) is 0 Å². The van der Waals surface area contributed by atoms with Gasteiger partial charge < -0.3 is 0 Å². The molecule has 0 N–H and O–H groups in total. The minimum atomic E-state index is -0.963. The van der Waals surface area contributed by atoms with Gasteiger partial charge in [0.15, 0.2) is 0 Å². The number of hydrogen-bond acceptors (Lipinski definition) is 0. The lowest BCUT2D eigenvalue weighted by Crippen LogP contribution is -2.03. The highest BCUT2D eigenvalue weighted by Gasteiger charge is 2.21. The van der Waals surface area contributed by atoms with Crippen molar-refractivity contribution in [3.05, 3.63) is 68.7 Å². The van der Waals surface area contributed by atoms with Crippen LogP contribution in [0.15, 0.2) is 30.3 Å². The summed E-state index contributed by atoms with van der Waals surface area (Å²) in [5.74, 6) is -1.33. The van der Waals surface area contributed by atoms with Gasteiger partial charge in [-0.05, 0) is 36.2 Å². The number of alkyl halides is 1. The summed E-state index contributed by atoms with van der Waals surface area (Å²) in [5, 5.41) is -0.313. The third-order valence-corrected chi connectivity index (χ3v) is 4.02. The van der Waals surface area contributed by atoms with Crippen LogP contribution in [-0.2, 0) is 0 Å². The van der Waals surface area contributed by atoms with Crippen molar-refractivity contribution in [2.45, 2.75) is 12.3 Å². The molecule has 2 aromatic carbocycles. The zero-order valence-electron chi connectivity index (χ0n) is 9.85. The zero-order chi connectivity index (χ0) is 14.2. The molecule has 5 heteroatoms. The molecule has 0 radical (unpaired) electrons. The first-order valence-corrected chi connectivity index (χ1v) is 6.64. The predicted molar refractivity (Wildman–Crippen MR) is 75.3 cm³/mol. The summed E-state index contributed by atoms with van der Waals surface area (Å²) in [7, 11) is 0. The van der Waals surface area contributed by atoms with Crippen LogP contribution >= 0.6 is 34.8 Å². The Bertz CT molecular complexity index is 626. The van der Waals surface area contributed by atoms with Gasteiger partial charge in [-0.15, -0.1) is 11.6 Å². The maximum absolute atomic E-state index is 14.0. The molecule has 0 spiro atoms. The van der Waals surface area contributed by atoms with Crippen molar-refractivity contribution in [3.63, 3.8) is 0 Å². The van der Waals surface area contributed by atoms with E-state index in [1.165, 1.54) is 18.2 Å². The summed E-state index contributed by atoms with van der Waals surface area (Å²) in [5.41, 5.74) is 0.640. The Kier molecular flexibility index (Phi) is 4.34. The van der Waals surface area contributed by atoms with E-state index in [-0.39, 0.29) is 5.56 Å². The molecule has 0 amide bonds. The van der Waals surface area contributed by atoms with E-state index in [4.69, 9.17) is 34.8 Å². The average Bonchev–Trinajstić information content (AvgIpc) is 2.37. The van der Waals surface area contributed by atoms with E-state index in [2.05, 4.69) is 0 Å². The zero-order valence-corrected chi connectivity index (χ0v) is 12.1. The van der Waals surface area contributed by atoms with Gasteiger partial charge in [-0.25, -0.2) is 8.78 Å². The normalized spacial score (nSPS) is 12.5. The summed E-state index contributed by atoms with van der Waals surface area (Å²) in [6.07, 6.45) is 0. The monoisotopic (exact) mass is 320 g/mol. The molecule has 0 aromatic heterocycles. The molecule has 0 bridgehead atoms. The summed E-state index contributed by atoms with van der Waals surface area (Å²) in [6, 6.07) is 7.20. The van der Waals surface area contributed by atoms with Crippen LogP contribution in [0.2, 0.25) is 10.0 Å². The largest absolute Gasteiger partial charge is 0.207 e. The molecule has 1 unspecified atom stereocenters. The van der Waals surface area contributed by atoms with E-state index < -0.39 is 17.0 Å². The molecule has 0 heterocycles. The van der Waals surface area contributed by atoms with Gasteiger partial charge in [0.1, 0.15) is 11.6 Å². The van der Waals surface area contributed by atoms with Crippen LogP contribution < -0.4 is 0 Å². The molecule has 100 valence electrons. The van der Waals surface area contributed by atoms with Crippen LogP contribution in [0.4, 0.5) is 8.78 Å². The summed E-state index contributed by atoms with van der Waals surface area (Å²) < 4.78 is 27.8. The number of hydrogen-bond donors (Lipinski definition) is 0. The Morgan fingerprint density at radius 3 is 2.32 bits per heavy atom. The Morgan fingerprint density at radius 2 is 1.68 bits per heavy atom. The van der Waals surface area contributed by atoms with Gasteiger partial charge in [-0.3, -0.25) is 0 Å². The van der Waals surface area contributed by atoms with Crippen molar-refractivity contribution in [3.8, 4) is 0 Å². The van der Waals surface area contributed by atoms with Gasteiger partial charge in [-0.2, -0.15) is 0 Å². The second kappa shape index (κ2) is 5.66. The first-order valence-electron chi connectivity index (χ1n) is 5.45. The van der Waals surface area contributed by atoms with Gasteiger partial charge in [-0.1, -0.05) is 35.3 Å². The molecule has 0 saturated heterocycles. The summed E-state index contributed by atoms with van der Waals surface area (Å²) in [4.78, 5) is 0. The first-order chi connectivity index (χ1) is 8.91. The second-order valence-corrected chi connectivity index (χ2v) is 5.38. The fraction of sp³-hybridized carbons (Fsp3) is 0.143. The topological polar surface area (TPSA) is 0 Å². The maximum Gasteiger partial charge on any atom is 0.134 e. The van der Waals surface area contributed by atoms with Gasteiger partial charge in [0, 0.05) is 5.56 Å². The van der Waals surface area contributed by atoms with Crippen molar-refractivity contribution in [1.82, 2.24) is 0 Å². The highest BCUT2D eigenvalue weighted by atomic mass is 35.5. The Hall–Kier alpha value is -0.830. The highest BCUT2D eigenvalue weighted by molar-refractivity contribution is 6.42. The summed E-state index contributed by atoms with van der Waals surface area (Å²) in [6.45, 7) is 1.55. The molecule has 0 fully saturated rings. The fourth-order valence-electron chi connectivity index (χ4n) is 1.75. The van der Waals surface area contributed by atoms with Crippen LogP contribution in [0.5, 0.6) is 0 Å². The second-order valence-electron chi connectivity index (χ2n) is 4.13. The van der Waals surface area contributed by atoms with Crippen LogP contribution in [0.1, 0.15) is 22.1 Å². The lowest BCUT2D eigenvalue weighted by atomic mass is 10.0. The van der Waals surface area contributed by atoms with Crippen LogP contribution in [0.3, 0.4) is 0 Å². The van der Waals surface area contributed by atoms with Gasteiger partial charge in [0.2, 0.25) is 0 Å². The van der Waals surface area contributed by atoms with Crippen molar-refractivity contribution in [1.29, 1.82) is 0 Å². The fourth-order valence-corrected chi connectivity index (χ4v) is 2.39. The van der Waals surface area contributed by atoms with Gasteiger partial charge in [0.25, 0.3) is 0 Å². The molecule has 0 aliphatic carbocycles. The minimum Gasteiger partial charge on any atom is -0.207 e. The highest BCUT2D eigenvalue weighted by Crippen LogP contribution is 2.36. The molecule has 1 atom stereocenters. The van der Waals surface area contributed by atoms with Crippen molar-refractivity contribution >= 4 is 34.8 Å². The molecular weight excluding hydrogens is 313 g/mol. The molecular formula is C14H9Cl3F2. The van der Waals surface area contributed by atoms with E-state index in [9.17, 15) is 8.78 Å². The molecule has 0 nitrogen and oxygen atoms in total. The number of rotatable bonds is 2. The molecule has 2 aromatic rings. The molecule has 0 aliphatic rings. The maximum atomic E-state index is 14.0. The van der Waals surface area contributed by atoms with Crippen LogP contribution in [0.25, 0.3) is 0 Å². The lowest BCUT2D eigenvalue weighted by Gasteiger charge is -2.14. The van der Waals surface area contributed by atoms with Crippen molar-refractivity contribution in [2.75, 3.05) is 0 Å². The smallest absolute Gasteiger partial charge is 0.134 e. The van der Waals surface area contributed by atoms with E-state index in [1.54, 1.807) is 19.1 Å². The third kappa shape index (κ3) is 2.86. The van der Waals surface area contributed by atoms with Gasteiger partial charge >= 0.3 is 0 Å². The quantitative estimate of drug-likeness (QED) is 0.603.